The average molecular weight is 145 g/mol. The zero-order valence-corrected chi connectivity index (χ0v) is 5.95. The van der Waals surface area contributed by atoms with E-state index in [1.165, 1.54) is 6.08 Å². The van der Waals surface area contributed by atoms with Crippen molar-refractivity contribution in [3.05, 3.63) is 36.0 Å². The van der Waals surface area contributed by atoms with Crippen LogP contribution in [-0.4, -0.2) is 11.6 Å². The molecule has 0 saturated carbocycles. The molecule has 1 aliphatic heterocycles. The SMILES string of the molecule is O=C1C=CC2=CCC=CC2=N1. The van der Waals surface area contributed by atoms with E-state index in [1.807, 2.05) is 18.2 Å². The molecular formula is C9H7NO. The van der Waals surface area contributed by atoms with Crippen LogP contribution < -0.4 is 0 Å². The Morgan fingerprint density at radius 2 is 2.18 bits per heavy atom. The van der Waals surface area contributed by atoms with Crippen LogP contribution in [0.2, 0.25) is 0 Å². The molecule has 0 spiro atoms. The van der Waals surface area contributed by atoms with E-state index in [1.54, 1.807) is 0 Å². The van der Waals surface area contributed by atoms with Crippen LogP contribution in [0, 0.1) is 0 Å². The molecule has 2 nitrogen and oxygen atoms in total. The maximum atomic E-state index is 10.8. The van der Waals surface area contributed by atoms with Gasteiger partial charge in [-0.1, -0.05) is 12.2 Å². The third kappa shape index (κ3) is 1.07. The summed E-state index contributed by atoms with van der Waals surface area (Å²) in [4.78, 5) is 14.6. The quantitative estimate of drug-likeness (QED) is 0.506. The number of aliphatic imine (C=N–C) groups is 1. The predicted molar refractivity (Wildman–Crippen MR) is 43.4 cm³/mol. The van der Waals surface area contributed by atoms with Gasteiger partial charge in [-0.15, -0.1) is 0 Å². The molecule has 0 unspecified atom stereocenters. The molecule has 2 aliphatic rings. The van der Waals surface area contributed by atoms with Gasteiger partial charge in [-0.2, -0.15) is 0 Å². The summed E-state index contributed by atoms with van der Waals surface area (Å²) < 4.78 is 0. The van der Waals surface area contributed by atoms with Gasteiger partial charge in [-0.05, 0) is 24.1 Å². The van der Waals surface area contributed by atoms with Gasteiger partial charge in [0.05, 0.1) is 5.71 Å². The highest BCUT2D eigenvalue weighted by atomic mass is 16.1. The van der Waals surface area contributed by atoms with Crippen molar-refractivity contribution in [3.63, 3.8) is 0 Å². The van der Waals surface area contributed by atoms with E-state index in [9.17, 15) is 4.79 Å². The van der Waals surface area contributed by atoms with Gasteiger partial charge >= 0.3 is 0 Å². The van der Waals surface area contributed by atoms with E-state index in [0.717, 1.165) is 17.7 Å². The largest absolute Gasteiger partial charge is 0.270 e. The Morgan fingerprint density at radius 3 is 3.09 bits per heavy atom. The van der Waals surface area contributed by atoms with Crippen molar-refractivity contribution in [2.24, 2.45) is 4.99 Å². The maximum absolute atomic E-state index is 10.8. The number of carbonyl (C=O) groups is 1. The number of allylic oxidation sites excluding steroid dienone is 5. The minimum Gasteiger partial charge on any atom is -0.267 e. The molecule has 0 radical (unpaired) electrons. The van der Waals surface area contributed by atoms with Gasteiger partial charge in [0.15, 0.2) is 0 Å². The number of carbonyl (C=O) groups excluding carboxylic acids is 1. The number of rotatable bonds is 0. The minimum absolute atomic E-state index is 0.163. The fourth-order valence-corrected chi connectivity index (χ4v) is 1.15. The smallest absolute Gasteiger partial charge is 0.267 e. The summed E-state index contributed by atoms with van der Waals surface area (Å²) in [5.74, 6) is -0.163. The molecule has 0 saturated heterocycles. The lowest BCUT2D eigenvalue weighted by molar-refractivity contribution is -0.113. The van der Waals surface area contributed by atoms with Crippen LogP contribution in [0.15, 0.2) is 40.9 Å². The summed E-state index contributed by atoms with van der Waals surface area (Å²) in [6.07, 6.45) is 10.2. The monoisotopic (exact) mass is 145 g/mol. The summed E-state index contributed by atoms with van der Waals surface area (Å²) >= 11 is 0. The van der Waals surface area contributed by atoms with Crippen LogP contribution in [0.25, 0.3) is 0 Å². The van der Waals surface area contributed by atoms with E-state index >= 15 is 0 Å². The number of hydrogen-bond donors (Lipinski definition) is 0. The molecule has 2 heteroatoms. The Bertz CT molecular complexity index is 318. The van der Waals surface area contributed by atoms with E-state index < -0.39 is 0 Å². The molecule has 11 heavy (non-hydrogen) atoms. The molecule has 1 aliphatic carbocycles. The summed E-state index contributed by atoms with van der Waals surface area (Å²) in [5.41, 5.74) is 1.86. The molecule has 0 aromatic rings. The first-order valence-electron chi connectivity index (χ1n) is 3.54. The van der Waals surface area contributed by atoms with Crippen LogP contribution in [0.4, 0.5) is 0 Å². The maximum Gasteiger partial charge on any atom is 0.270 e. The zero-order chi connectivity index (χ0) is 7.68. The molecule has 0 N–H and O–H groups in total. The van der Waals surface area contributed by atoms with Crippen LogP contribution in [-0.2, 0) is 4.79 Å². The zero-order valence-electron chi connectivity index (χ0n) is 5.95. The van der Waals surface area contributed by atoms with Gasteiger partial charge in [-0.25, -0.2) is 4.99 Å². The summed E-state index contributed by atoms with van der Waals surface area (Å²) in [5, 5.41) is 0. The second-order valence-electron chi connectivity index (χ2n) is 2.47. The number of dihydropyridines is 1. The summed E-state index contributed by atoms with van der Waals surface area (Å²) in [6.45, 7) is 0. The van der Waals surface area contributed by atoms with Gasteiger partial charge in [0.1, 0.15) is 0 Å². The summed E-state index contributed by atoms with van der Waals surface area (Å²) in [6, 6.07) is 0. The third-order valence-corrected chi connectivity index (χ3v) is 1.68. The molecule has 2 rings (SSSR count). The van der Waals surface area contributed by atoms with Crippen molar-refractivity contribution in [3.8, 4) is 0 Å². The number of nitrogens with zero attached hydrogens (tertiary/aromatic N) is 1. The van der Waals surface area contributed by atoms with Gasteiger partial charge in [0.2, 0.25) is 0 Å². The minimum atomic E-state index is -0.163. The molecule has 1 amide bonds. The van der Waals surface area contributed by atoms with E-state index in [0.29, 0.717) is 0 Å². The Labute approximate surface area is 64.6 Å². The molecule has 0 bridgehead atoms. The van der Waals surface area contributed by atoms with Gasteiger partial charge in [0.25, 0.3) is 5.91 Å². The predicted octanol–water partition coefficient (Wildman–Crippen LogP) is 1.41. The van der Waals surface area contributed by atoms with Crippen molar-refractivity contribution >= 4 is 11.6 Å². The Morgan fingerprint density at radius 1 is 1.27 bits per heavy atom. The molecule has 0 atom stereocenters. The third-order valence-electron chi connectivity index (χ3n) is 1.68. The number of fused-ring (bicyclic) bond motifs is 1. The van der Waals surface area contributed by atoms with E-state index in [2.05, 4.69) is 11.1 Å². The fourth-order valence-electron chi connectivity index (χ4n) is 1.15. The van der Waals surface area contributed by atoms with Crippen molar-refractivity contribution in [1.82, 2.24) is 0 Å². The van der Waals surface area contributed by atoms with Crippen LogP contribution in [0.5, 0.6) is 0 Å². The van der Waals surface area contributed by atoms with E-state index in [-0.39, 0.29) is 5.91 Å². The molecular weight excluding hydrogens is 138 g/mol. The highest BCUT2D eigenvalue weighted by Crippen LogP contribution is 2.13. The topological polar surface area (TPSA) is 29.4 Å². The lowest BCUT2D eigenvalue weighted by atomic mass is 10.0. The second kappa shape index (κ2) is 2.31. The standard InChI is InChI=1S/C9H7NO/c11-9-6-5-7-3-1-2-4-8(7)10-9/h2-6H,1H2. The van der Waals surface area contributed by atoms with Gasteiger partial charge < -0.3 is 0 Å². The van der Waals surface area contributed by atoms with Crippen molar-refractivity contribution in [2.45, 2.75) is 6.42 Å². The molecule has 1 heterocycles. The first kappa shape index (κ1) is 6.28. The second-order valence-corrected chi connectivity index (χ2v) is 2.47. The van der Waals surface area contributed by atoms with Crippen molar-refractivity contribution in [1.29, 1.82) is 0 Å². The highest BCUT2D eigenvalue weighted by molar-refractivity contribution is 6.19. The van der Waals surface area contributed by atoms with Crippen LogP contribution >= 0.6 is 0 Å². The molecule has 0 fully saturated rings. The normalized spacial score (nSPS) is 20.9. The molecule has 54 valence electrons. The molecule has 0 aromatic heterocycles. The first-order valence-corrected chi connectivity index (χ1v) is 3.54. The van der Waals surface area contributed by atoms with Crippen molar-refractivity contribution in [2.75, 3.05) is 0 Å². The lowest BCUT2D eigenvalue weighted by Crippen LogP contribution is -2.08. The summed E-state index contributed by atoms with van der Waals surface area (Å²) in [7, 11) is 0. The number of amides is 1. The first-order chi connectivity index (χ1) is 5.36. The van der Waals surface area contributed by atoms with Gasteiger partial charge in [0, 0.05) is 6.08 Å². The van der Waals surface area contributed by atoms with Crippen molar-refractivity contribution < 1.29 is 4.79 Å². The van der Waals surface area contributed by atoms with E-state index in [4.69, 9.17) is 0 Å². The number of hydrogen-bond acceptors (Lipinski definition) is 1. The lowest BCUT2D eigenvalue weighted by Gasteiger charge is -2.08. The molecule has 0 aromatic carbocycles. The Balaban J connectivity index is 2.44. The van der Waals surface area contributed by atoms with Crippen LogP contribution in [0.1, 0.15) is 6.42 Å². The highest BCUT2D eigenvalue weighted by Gasteiger charge is 2.09. The Hall–Kier alpha value is -1.44. The van der Waals surface area contributed by atoms with Crippen LogP contribution in [0.3, 0.4) is 0 Å². The van der Waals surface area contributed by atoms with Gasteiger partial charge in [-0.3, -0.25) is 4.79 Å². The fraction of sp³-hybridized carbons (Fsp3) is 0.111. The Kier molecular flexibility index (Phi) is 1.32. The average Bonchev–Trinajstić information content (AvgIpc) is 2.04.